The fourth-order valence-electron chi connectivity index (χ4n) is 1.65. The van der Waals surface area contributed by atoms with Gasteiger partial charge in [0.05, 0.1) is 21.8 Å². The first kappa shape index (κ1) is 14.9. The molecule has 18 heavy (non-hydrogen) atoms. The van der Waals surface area contributed by atoms with Crippen molar-refractivity contribution in [1.82, 2.24) is 0 Å². The molecule has 0 saturated carbocycles. The Kier molecular flexibility index (Phi) is 5.56. The van der Waals surface area contributed by atoms with E-state index in [0.29, 0.717) is 15.7 Å². The van der Waals surface area contributed by atoms with Crippen LogP contribution in [0.2, 0.25) is 10.0 Å². The number of benzene rings is 1. The molecule has 0 aliphatic heterocycles. The lowest BCUT2D eigenvalue weighted by Gasteiger charge is -2.24. The number of para-hydroxylation sites is 1. The first-order chi connectivity index (χ1) is 8.51. The molecule has 2 unspecified atom stereocenters. The lowest BCUT2D eigenvalue weighted by molar-refractivity contribution is -0.109. The zero-order chi connectivity index (χ0) is 13.7. The van der Waals surface area contributed by atoms with Gasteiger partial charge in [0, 0.05) is 0 Å². The third-order valence-electron chi connectivity index (χ3n) is 2.62. The molecule has 0 bridgehead atoms. The number of aldehydes is 1. The van der Waals surface area contributed by atoms with Crippen LogP contribution in [0.25, 0.3) is 0 Å². The lowest BCUT2D eigenvalue weighted by atomic mass is 9.98. The fourth-order valence-corrected chi connectivity index (χ4v) is 2.15. The van der Waals surface area contributed by atoms with Crippen molar-refractivity contribution in [1.29, 1.82) is 5.53 Å². The highest BCUT2D eigenvalue weighted by atomic mass is 35.5. The molecule has 6 heteroatoms. The molecule has 98 valence electrons. The van der Waals surface area contributed by atoms with E-state index in [0.717, 1.165) is 6.29 Å². The van der Waals surface area contributed by atoms with Crippen LogP contribution in [0, 0.1) is 11.4 Å². The van der Waals surface area contributed by atoms with E-state index in [1.807, 2.05) is 13.8 Å². The van der Waals surface area contributed by atoms with Crippen LogP contribution in [0.1, 0.15) is 13.8 Å². The molecule has 0 aromatic heterocycles. The normalized spacial score (nSPS) is 14.1. The summed E-state index contributed by atoms with van der Waals surface area (Å²) in [7, 11) is 0. The average molecular weight is 288 g/mol. The highest BCUT2D eigenvalue weighted by Gasteiger charge is 2.25. The zero-order valence-corrected chi connectivity index (χ0v) is 11.7. The maximum Gasteiger partial charge on any atom is 0.144 e. The Morgan fingerprint density at radius 2 is 1.89 bits per heavy atom. The molecule has 0 saturated heterocycles. The number of hydrogen-bond acceptors (Lipinski definition) is 4. The van der Waals surface area contributed by atoms with Crippen molar-refractivity contribution in [3.05, 3.63) is 28.2 Å². The number of carbonyl (C=O) groups is 1. The third kappa shape index (κ3) is 3.43. The molecule has 0 fully saturated rings. The van der Waals surface area contributed by atoms with Gasteiger partial charge in [-0.2, -0.15) is 5.11 Å². The molecule has 1 aromatic rings. The highest BCUT2D eigenvalue weighted by Crippen LogP contribution is 2.31. The number of halogens is 2. The van der Waals surface area contributed by atoms with Crippen molar-refractivity contribution >= 4 is 35.2 Å². The van der Waals surface area contributed by atoms with Crippen LogP contribution in [-0.4, -0.2) is 18.4 Å². The van der Waals surface area contributed by atoms with Crippen molar-refractivity contribution in [2.24, 2.45) is 11.0 Å². The monoisotopic (exact) mass is 287 g/mol. The molecule has 2 atom stereocenters. The van der Waals surface area contributed by atoms with Crippen LogP contribution < -0.4 is 5.32 Å². The fraction of sp³-hybridized carbons (Fsp3) is 0.417. The van der Waals surface area contributed by atoms with Gasteiger partial charge in [0.15, 0.2) is 0 Å². The number of rotatable bonds is 6. The summed E-state index contributed by atoms with van der Waals surface area (Å²) in [6.45, 7) is 3.80. The van der Waals surface area contributed by atoms with E-state index in [1.165, 1.54) is 0 Å². The Morgan fingerprint density at radius 3 is 2.28 bits per heavy atom. The minimum atomic E-state index is -0.625. The molecule has 1 aromatic carbocycles. The molecular formula is C12H15Cl2N3O. The van der Waals surface area contributed by atoms with Crippen LogP contribution in [0.4, 0.5) is 5.69 Å². The summed E-state index contributed by atoms with van der Waals surface area (Å²) >= 11 is 12.0. The van der Waals surface area contributed by atoms with Crippen molar-refractivity contribution in [3.63, 3.8) is 0 Å². The number of nitrogens with one attached hydrogen (secondary N) is 2. The summed E-state index contributed by atoms with van der Waals surface area (Å²) < 4.78 is 0. The van der Waals surface area contributed by atoms with E-state index in [-0.39, 0.29) is 5.92 Å². The van der Waals surface area contributed by atoms with Gasteiger partial charge in [0.1, 0.15) is 12.3 Å². The molecule has 4 nitrogen and oxygen atoms in total. The number of anilines is 1. The Labute approximate surface area is 116 Å². The standard InChI is InChI=1S/C12H15Cl2N3O/c1-7(2)11(17-15)10(6-18)16-12-8(13)4-3-5-9(12)14/h3-7,10-11,15-16H,1-2H3. The summed E-state index contributed by atoms with van der Waals surface area (Å²) in [5, 5.41) is 7.30. The Morgan fingerprint density at radius 1 is 1.33 bits per heavy atom. The topological polar surface area (TPSA) is 65.3 Å². The predicted molar refractivity (Wildman–Crippen MR) is 73.7 cm³/mol. The molecule has 0 heterocycles. The molecule has 0 radical (unpaired) electrons. The van der Waals surface area contributed by atoms with Gasteiger partial charge in [-0.05, 0) is 18.1 Å². The van der Waals surface area contributed by atoms with E-state index in [4.69, 9.17) is 28.7 Å². The van der Waals surface area contributed by atoms with E-state index in [1.54, 1.807) is 18.2 Å². The number of nitrogens with zero attached hydrogens (tertiary/aromatic N) is 1. The van der Waals surface area contributed by atoms with Crippen LogP contribution in [-0.2, 0) is 4.79 Å². The minimum absolute atomic E-state index is 0.0615. The molecule has 0 aliphatic rings. The van der Waals surface area contributed by atoms with E-state index in [2.05, 4.69) is 10.4 Å². The van der Waals surface area contributed by atoms with Crippen LogP contribution >= 0.6 is 23.2 Å². The third-order valence-corrected chi connectivity index (χ3v) is 3.25. The van der Waals surface area contributed by atoms with Gasteiger partial charge >= 0.3 is 0 Å². The minimum Gasteiger partial charge on any atom is -0.371 e. The molecule has 2 N–H and O–H groups in total. The van der Waals surface area contributed by atoms with Gasteiger partial charge in [-0.3, -0.25) is 0 Å². The Hall–Kier alpha value is -1.13. The smallest absolute Gasteiger partial charge is 0.144 e. The van der Waals surface area contributed by atoms with Crippen LogP contribution in [0.3, 0.4) is 0 Å². The van der Waals surface area contributed by atoms with E-state index in [9.17, 15) is 4.79 Å². The maximum atomic E-state index is 11.1. The van der Waals surface area contributed by atoms with E-state index < -0.39 is 12.1 Å². The summed E-state index contributed by atoms with van der Waals surface area (Å²) in [6, 6.07) is 4.01. The number of carbonyl (C=O) groups excluding carboxylic acids is 1. The lowest BCUT2D eigenvalue weighted by Crippen LogP contribution is -2.37. The maximum absolute atomic E-state index is 11.1. The van der Waals surface area contributed by atoms with Gasteiger partial charge in [-0.1, -0.05) is 43.1 Å². The van der Waals surface area contributed by atoms with E-state index >= 15 is 0 Å². The largest absolute Gasteiger partial charge is 0.371 e. The summed E-state index contributed by atoms with van der Waals surface area (Å²) in [5.41, 5.74) is 7.65. The first-order valence-electron chi connectivity index (χ1n) is 5.53. The summed E-state index contributed by atoms with van der Waals surface area (Å²) in [5.74, 6) is 0.0615. The van der Waals surface area contributed by atoms with Crippen molar-refractivity contribution in [2.45, 2.75) is 25.9 Å². The van der Waals surface area contributed by atoms with Crippen LogP contribution in [0.15, 0.2) is 23.3 Å². The molecular weight excluding hydrogens is 273 g/mol. The summed E-state index contributed by atoms with van der Waals surface area (Å²) in [4.78, 5) is 11.1. The zero-order valence-electron chi connectivity index (χ0n) is 10.2. The van der Waals surface area contributed by atoms with Crippen LogP contribution in [0.5, 0.6) is 0 Å². The Bertz CT molecular complexity index is 417. The average Bonchev–Trinajstić information content (AvgIpc) is 2.32. The first-order valence-corrected chi connectivity index (χ1v) is 6.29. The molecule has 0 spiro atoms. The number of hydrogen-bond donors (Lipinski definition) is 2. The quantitative estimate of drug-likeness (QED) is 0.613. The Balaban J connectivity index is 2.99. The summed E-state index contributed by atoms with van der Waals surface area (Å²) in [6.07, 6.45) is 0.725. The molecule has 0 aliphatic carbocycles. The van der Waals surface area contributed by atoms with Crippen molar-refractivity contribution in [3.8, 4) is 0 Å². The van der Waals surface area contributed by atoms with Gasteiger partial charge < -0.3 is 10.1 Å². The second-order valence-electron chi connectivity index (χ2n) is 4.27. The van der Waals surface area contributed by atoms with Crippen molar-refractivity contribution < 1.29 is 4.79 Å². The van der Waals surface area contributed by atoms with Gasteiger partial charge in [-0.15, -0.1) is 0 Å². The molecule has 0 amide bonds. The SMILES string of the molecule is CC(C)C(N=N)C(C=O)Nc1c(Cl)cccc1Cl. The second kappa shape index (κ2) is 6.71. The van der Waals surface area contributed by atoms with Crippen molar-refractivity contribution in [2.75, 3.05) is 5.32 Å². The highest BCUT2D eigenvalue weighted by molar-refractivity contribution is 6.39. The molecule has 1 rings (SSSR count). The van der Waals surface area contributed by atoms with Gasteiger partial charge in [0.2, 0.25) is 0 Å². The second-order valence-corrected chi connectivity index (χ2v) is 5.08. The van der Waals surface area contributed by atoms with Gasteiger partial charge in [-0.25, -0.2) is 5.53 Å². The van der Waals surface area contributed by atoms with Gasteiger partial charge in [0.25, 0.3) is 0 Å². The predicted octanol–water partition coefficient (Wildman–Crippen LogP) is 4.03.